The van der Waals surface area contributed by atoms with E-state index in [1.54, 1.807) is 4.90 Å². The van der Waals surface area contributed by atoms with Crippen LogP contribution < -0.4 is 0 Å². The Morgan fingerprint density at radius 1 is 1.08 bits per heavy atom. The summed E-state index contributed by atoms with van der Waals surface area (Å²) in [4.78, 5) is 25.3. The Morgan fingerprint density at radius 2 is 1.71 bits per heavy atom. The van der Waals surface area contributed by atoms with Gasteiger partial charge >= 0.3 is 12.1 Å². The van der Waals surface area contributed by atoms with Crippen LogP contribution in [0, 0.1) is 11.8 Å². The molecule has 0 bridgehead atoms. The van der Waals surface area contributed by atoms with E-state index in [1.807, 2.05) is 20.8 Å². The highest BCUT2D eigenvalue weighted by molar-refractivity contribution is 5.73. The third kappa shape index (κ3) is 8.02. The molecular weight excluding hydrogens is 306 g/mol. The monoisotopic (exact) mass is 341 g/mol. The summed E-state index contributed by atoms with van der Waals surface area (Å²) in [6.45, 7) is 8.58. The van der Waals surface area contributed by atoms with Gasteiger partial charge in [-0.05, 0) is 39.5 Å². The average Bonchev–Trinajstić information content (AvgIpc) is 2.48. The summed E-state index contributed by atoms with van der Waals surface area (Å²) < 4.78 is 5.42. The Bertz CT molecular complexity index is 403. The van der Waals surface area contributed by atoms with Gasteiger partial charge in [0.1, 0.15) is 5.60 Å². The number of hydrogen-bond donors (Lipinski definition) is 1. The summed E-state index contributed by atoms with van der Waals surface area (Å²) in [5, 5.41) is 9.38. The molecule has 1 heterocycles. The highest BCUT2D eigenvalue weighted by Crippen LogP contribution is 2.28. The molecule has 0 unspecified atom stereocenters. The Balaban J connectivity index is 2.50. The zero-order valence-corrected chi connectivity index (χ0v) is 15.8. The number of unbranched alkanes of at least 4 members (excludes halogenated alkanes) is 5. The molecule has 1 amide bonds. The zero-order chi connectivity index (χ0) is 18.2. The summed E-state index contributed by atoms with van der Waals surface area (Å²) in [5.74, 6) is -1.02. The van der Waals surface area contributed by atoms with Crippen molar-refractivity contribution in [3.05, 3.63) is 0 Å². The smallest absolute Gasteiger partial charge is 0.410 e. The number of nitrogens with zero attached hydrogens (tertiary/aromatic N) is 1. The lowest BCUT2D eigenvalue weighted by molar-refractivity contribution is -0.144. The van der Waals surface area contributed by atoms with Gasteiger partial charge in [0.2, 0.25) is 0 Å². The third-order valence-electron chi connectivity index (χ3n) is 4.50. The van der Waals surface area contributed by atoms with Crippen LogP contribution in [0.15, 0.2) is 0 Å². The van der Waals surface area contributed by atoms with Crippen molar-refractivity contribution in [2.75, 3.05) is 13.1 Å². The number of carbonyl (C=O) groups excluding carboxylic acids is 1. The van der Waals surface area contributed by atoms with Gasteiger partial charge in [0.05, 0.1) is 5.92 Å². The molecular formula is C19H35NO4. The Labute approximate surface area is 146 Å². The SMILES string of the molecule is CCCCCCCC[C@H]1C[C@H](C(=O)O)CN(C(=O)OC(C)(C)C)C1. The number of likely N-dealkylation sites (tertiary alicyclic amines) is 1. The Hall–Kier alpha value is -1.26. The molecule has 1 N–H and O–H groups in total. The molecule has 0 aromatic heterocycles. The summed E-state index contributed by atoms with van der Waals surface area (Å²) >= 11 is 0. The molecule has 0 aliphatic carbocycles. The van der Waals surface area contributed by atoms with Crippen molar-refractivity contribution in [1.82, 2.24) is 4.90 Å². The fourth-order valence-corrected chi connectivity index (χ4v) is 3.28. The zero-order valence-electron chi connectivity index (χ0n) is 15.8. The molecule has 1 saturated heterocycles. The van der Waals surface area contributed by atoms with Crippen molar-refractivity contribution in [3.63, 3.8) is 0 Å². The minimum atomic E-state index is -0.809. The lowest BCUT2D eigenvalue weighted by Crippen LogP contribution is -2.47. The van der Waals surface area contributed by atoms with Crippen molar-refractivity contribution in [2.24, 2.45) is 11.8 Å². The van der Waals surface area contributed by atoms with Gasteiger partial charge in [0.15, 0.2) is 0 Å². The summed E-state index contributed by atoms with van der Waals surface area (Å²) in [6, 6.07) is 0. The molecule has 0 radical (unpaired) electrons. The number of amides is 1. The minimum Gasteiger partial charge on any atom is -0.481 e. The lowest BCUT2D eigenvalue weighted by Gasteiger charge is -2.37. The first-order valence-corrected chi connectivity index (χ1v) is 9.43. The van der Waals surface area contributed by atoms with E-state index in [-0.39, 0.29) is 18.6 Å². The quantitative estimate of drug-likeness (QED) is 0.650. The second kappa shape index (κ2) is 9.90. The van der Waals surface area contributed by atoms with Crippen molar-refractivity contribution < 1.29 is 19.4 Å². The Kier molecular flexibility index (Phi) is 8.57. The molecule has 140 valence electrons. The second-order valence-electron chi connectivity index (χ2n) is 8.08. The van der Waals surface area contributed by atoms with Gasteiger partial charge < -0.3 is 14.7 Å². The van der Waals surface area contributed by atoms with Crippen LogP contribution in [-0.4, -0.2) is 40.8 Å². The molecule has 1 rings (SSSR count). The van der Waals surface area contributed by atoms with Gasteiger partial charge in [-0.2, -0.15) is 0 Å². The maximum Gasteiger partial charge on any atom is 0.410 e. The number of carboxylic acids is 1. The molecule has 5 heteroatoms. The van der Waals surface area contributed by atoms with Crippen molar-refractivity contribution in [2.45, 2.75) is 84.7 Å². The van der Waals surface area contributed by atoms with Crippen molar-refractivity contribution in [3.8, 4) is 0 Å². The fraction of sp³-hybridized carbons (Fsp3) is 0.895. The predicted molar refractivity (Wildman–Crippen MR) is 95.0 cm³/mol. The summed E-state index contributed by atoms with van der Waals surface area (Å²) in [6.07, 6.45) is 8.65. The van der Waals surface area contributed by atoms with Crippen LogP contribution in [-0.2, 0) is 9.53 Å². The van der Waals surface area contributed by atoms with Crippen LogP contribution in [0.2, 0.25) is 0 Å². The standard InChI is InChI=1S/C19H35NO4/c1-5-6-7-8-9-10-11-15-12-16(17(21)22)14-20(13-15)18(23)24-19(2,3)4/h15-16H,5-14H2,1-4H3,(H,21,22)/t15-,16-/m0/s1. The highest BCUT2D eigenvalue weighted by Gasteiger charge is 2.35. The lowest BCUT2D eigenvalue weighted by atomic mass is 9.86. The number of piperidine rings is 1. The first kappa shape index (κ1) is 20.8. The van der Waals surface area contributed by atoms with E-state index in [9.17, 15) is 14.7 Å². The average molecular weight is 341 g/mol. The van der Waals surface area contributed by atoms with Crippen LogP contribution in [0.25, 0.3) is 0 Å². The maximum absolute atomic E-state index is 12.3. The van der Waals surface area contributed by atoms with Gasteiger partial charge in [-0.3, -0.25) is 4.79 Å². The first-order valence-electron chi connectivity index (χ1n) is 9.43. The van der Waals surface area contributed by atoms with E-state index in [4.69, 9.17) is 4.74 Å². The molecule has 1 aliphatic heterocycles. The first-order chi connectivity index (χ1) is 11.2. The largest absolute Gasteiger partial charge is 0.481 e. The van der Waals surface area contributed by atoms with Gasteiger partial charge in [-0.25, -0.2) is 4.79 Å². The van der Waals surface area contributed by atoms with Gasteiger partial charge in [0, 0.05) is 13.1 Å². The number of hydrogen-bond acceptors (Lipinski definition) is 3. The van der Waals surface area contributed by atoms with Crippen LogP contribution in [0.1, 0.15) is 79.1 Å². The molecule has 24 heavy (non-hydrogen) atoms. The molecule has 0 spiro atoms. The van der Waals surface area contributed by atoms with Crippen molar-refractivity contribution in [1.29, 1.82) is 0 Å². The number of carbonyl (C=O) groups is 2. The van der Waals surface area contributed by atoms with Crippen LogP contribution in [0.3, 0.4) is 0 Å². The normalized spacial score (nSPS) is 21.6. The van der Waals surface area contributed by atoms with Gasteiger partial charge in [-0.1, -0.05) is 45.4 Å². The molecule has 2 atom stereocenters. The topological polar surface area (TPSA) is 66.8 Å². The molecule has 5 nitrogen and oxygen atoms in total. The van der Waals surface area contributed by atoms with E-state index >= 15 is 0 Å². The highest BCUT2D eigenvalue weighted by atomic mass is 16.6. The molecule has 0 saturated carbocycles. The summed E-state index contributed by atoms with van der Waals surface area (Å²) in [7, 11) is 0. The van der Waals surface area contributed by atoms with Gasteiger partial charge in [-0.15, -0.1) is 0 Å². The van der Waals surface area contributed by atoms with E-state index in [0.29, 0.717) is 13.0 Å². The van der Waals surface area contributed by atoms with E-state index < -0.39 is 17.5 Å². The number of rotatable bonds is 8. The van der Waals surface area contributed by atoms with Gasteiger partial charge in [0.25, 0.3) is 0 Å². The van der Waals surface area contributed by atoms with Crippen LogP contribution in [0.5, 0.6) is 0 Å². The van der Waals surface area contributed by atoms with E-state index in [0.717, 1.165) is 12.8 Å². The molecule has 0 aromatic rings. The molecule has 0 aromatic carbocycles. The summed E-state index contributed by atoms with van der Waals surface area (Å²) in [5.41, 5.74) is -0.554. The predicted octanol–water partition coefficient (Wildman–Crippen LogP) is 4.69. The number of aliphatic carboxylic acids is 1. The second-order valence-corrected chi connectivity index (χ2v) is 8.08. The minimum absolute atomic E-state index is 0.261. The number of carboxylic acid groups (broad SMARTS) is 1. The van der Waals surface area contributed by atoms with E-state index in [2.05, 4.69) is 6.92 Å². The molecule has 1 aliphatic rings. The third-order valence-corrected chi connectivity index (χ3v) is 4.50. The number of ether oxygens (including phenoxy) is 1. The fourth-order valence-electron chi connectivity index (χ4n) is 3.28. The maximum atomic E-state index is 12.3. The molecule has 1 fully saturated rings. The van der Waals surface area contributed by atoms with E-state index in [1.165, 1.54) is 32.1 Å². The van der Waals surface area contributed by atoms with Crippen molar-refractivity contribution >= 4 is 12.1 Å². The van der Waals surface area contributed by atoms with Crippen LogP contribution >= 0.6 is 0 Å². The van der Waals surface area contributed by atoms with Crippen LogP contribution in [0.4, 0.5) is 4.79 Å². The Morgan fingerprint density at radius 3 is 2.29 bits per heavy atom.